The van der Waals surface area contributed by atoms with Gasteiger partial charge in [0.1, 0.15) is 11.5 Å². The number of hydrogen-bond donors (Lipinski definition) is 1. The van der Waals surface area contributed by atoms with E-state index in [2.05, 4.69) is 10.5 Å². The number of carbonyl (C=O) groups excluding carboxylic acids is 1. The van der Waals surface area contributed by atoms with Crippen molar-refractivity contribution in [2.45, 2.75) is 12.8 Å². The number of rotatable bonds is 8. The highest BCUT2D eigenvalue weighted by Gasteiger charge is 2.04. The maximum absolute atomic E-state index is 11.8. The van der Waals surface area contributed by atoms with Crippen molar-refractivity contribution in [3.8, 4) is 11.5 Å². The first-order valence-electron chi connectivity index (χ1n) is 7.63. The Kier molecular flexibility index (Phi) is 7.57. The van der Waals surface area contributed by atoms with E-state index in [1.54, 1.807) is 31.5 Å². The van der Waals surface area contributed by atoms with E-state index < -0.39 is 0 Å². The Morgan fingerprint density at radius 1 is 1.20 bits per heavy atom. The van der Waals surface area contributed by atoms with Gasteiger partial charge in [0.05, 0.1) is 25.0 Å². The van der Waals surface area contributed by atoms with Crippen molar-refractivity contribution in [1.29, 1.82) is 0 Å². The number of nitrogens with zero attached hydrogens (tertiary/aromatic N) is 1. The van der Waals surface area contributed by atoms with E-state index in [1.807, 2.05) is 24.3 Å². The summed E-state index contributed by atoms with van der Waals surface area (Å²) in [5.74, 6) is 1.03. The first-order chi connectivity index (χ1) is 12.1. The predicted molar refractivity (Wildman–Crippen MR) is 99.9 cm³/mol. The monoisotopic (exact) mass is 380 g/mol. The minimum absolute atomic E-state index is 0.197. The van der Waals surface area contributed by atoms with Crippen LogP contribution in [0.4, 0.5) is 0 Å². The average Bonchev–Trinajstić information content (AvgIpc) is 2.60. The van der Waals surface area contributed by atoms with Crippen molar-refractivity contribution in [2.75, 3.05) is 13.7 Å². The molecule has 25 heavy (non-hydrogen) atoms. The highest BCUT2D eigenvalue weighted by Crippen LogP contribution is 2.27. The molecule has 0 aliphatic rings. The Morgan fingerprint density at radius 3 is 2.76 bits per heavy atom. The number of amides is 1. The molecular weight excluding hydrogens is 363 g/mol. The molecule has 0 heterocycles. The van der Waals surface area contributed by atoms with Crippen LogP contribution in [0, 0.1) is 0 Å². The Morgan fingerprint density at radius 2 is 2.00 bits per heavy atom. The highest BCUT2D eigenvalue weighted by molar-refractivity contribution is 6.35. The van der Waals surface area contributed by atoms with Crippen LogP contribution in [0.25, 0.3) is 0 Å². The maximum Gasteiger partial charge on any atom is 0.240 e. The third-order valence-corrected chi connectivity index (χ3v) is 3.76. The van der Waals surface area contributed by atoms with E-state index in [-0.39, 0.29) is 12.3 Å². The van der Waals surface area contributed by atoms with Crippen molar-refractivity contribution >= 4 is 35.3 Å². The van der Waals surface area contributed by atoms with Crippen molar-refractivity contribution in [3.63, 3.8) is 0 Å². The summed E-state index contributed by atoms with van der Waals surface area (Å²) < 4.78 is 10.7. The third kappa shape index (κ3) is 6.29. The van der Waals surface area contributed by atoms with Gasteiger partial charge in [-0.1, -0.05) is 35.3 Å². The molecule has 2 aromatic rings. The van der Waals surface area contributed by atoms with Crippen molar-refractivity contribution < 1.29 is 14.3 Å². The molecule has 0 aliphatic carbocycles. The normalized spacial score (nSPS) is 10.7. The smallest absolute Gasteiger partial charge is 0.240 e. The third-order valence-electron chi connectivity index (χ3n) is 3.23. The number of hydrazone groups is 1. The second-order valence-electron chi connectivity index (χ2n) is 5.06. The fourth-order valence-electron chi connectivity index (χ4n) is 2.01. The Labute approximate surface area is 156 Å². The summed E-state index contributed by atoms with van der Waals surface area (Å²) in [5, 5.41) is 4.92. The summed E-state index contributed by atoms with van der Waals surface area (Å²) in [7, 11) is 1.58. The zero-order valence-corrected chi connectivity index (χ0v) is 15.2. The summed E-state index contributed by atoms with van der Waals surface area (Å²) >= 11 is 11.8. The minimum atomic E-state index is -0.197. The molecule has 0 atom stereocenters. The van der Waals surface area contributed by atoms with Crippen LogP contribution >= 0.6 is 23.2 Å². The van der Waals surface area contributed by atoms with Gasteiger partial charge < -0.3 is 9.47 Å². The summed E-state index contributed by atoms with van der Waals surface area (Å²) in [4.78, 5) is 11.8. The van der Waals surface area contributed by atoms with Crippen molar-refractivity contribution in [2.24, 2.45) is 5.10 Å². The second-order valence-corrected chi connectivity index (χ2v) is 5.91. The molecule has 1 N–H and O–H groups in total. The van der Waals surface area contributed by atoms with Crippen molar-refractivity contribution in [1.82, 2.24) is 5.43 Å². The van der Waals surface area contributed by atoms with E-state index in [4.69, 9.17) is 32.7 Å². The van der Waals surface area contributed by atoms with Gasteiger partial charge in [-0.15, -0.1) is 0 Å². The summed E-state index contributed by atoms with van der Waals surface area (Å²) in [6.07, 6.45) is 2.37. The van der Waals surface area contributed by atoms with Crippen LogP contribution < -0.4 is 14.9 Å². The van der Waals surface area contributed by atoms with Gasteiger partial charge in [-0.05, 0) is 36.8 Å². The molecule has 0 unspecified atom stereocenters. The molecule has 2 rings (SSSR count). The van der Waals surface area contributed by atoms with Crippen LogP contribution in [-0.2, 0) is 4.79 Å². The number of ether oxygens (including phenoxy) is 2. The molecule has 7 heteroatoms. The average molecular weight is 381 g/mol. The zero-order valence-electron chi connectivity index (χ0n) is 13.7. The molecule has 5 nitrogen and oxygen atoms in total. The molecule has 1 amide bonds. The SMILES string of the molecule is COc1ccccc1C=NNC(=O)CCCOc1ccc(Cl)cc1Cl. The molecule has 0 fully saturated rings. The molecule has 0 spiro atoms. The Hall–Kier alpha value is -2.24. The van der Waals surface area contributed by atoms with Gasteiger partial charge in [0.2, 0.25) is 5.91 Å². The second kappa shape index (κ2) is 9.91. The van der Waals surface area contributed by atoms with Gasteiger partial charge in [0, 0.05) is 17.0 Å². The van der Waals surface area contributed by atoms with Gasteiger partial charge in [0.25, 0.3) is 0 Å². The lowest BCUT2D eigenvalue weighted by Crippen LogP contribution is -2.18. The lowest BCUT2D eigenvalue weighted by Gasteiger charge is -2.07. The van der Waals surface area contributed by atoms with E-state index in [1.165, 1.54) is 0 Å². The molecule has 0 radical (unpaired) electrons. The van der Waals surface area contributed by atoms with E-state index in [9.17, 15) is 4.79 Å². The number of methoxy groups -OCH3 is 1. The van der Waals surface area contributed by atoms with E-state index >= 15 is 0 Å². The van der Waals surface area contributed by atoms with Gasteiger partial charge in [-0.2, -0.15) is 5.10 Å². The van der Waals surface area contributed by atoms with E-state index in [0.717, 1.165) is 5.56 Å². The lowest BCUT2D eigenvalue weighted by atomic mass is 10.2. The summed E-state index contributed by atoms with van der Waals surface area (Å²) in [6.45, 7) is 0.366. The fraction of sp³-hybridized carbons (Fsp3) is 0.222. The highest BCUT2D eigenvalue weighted by atomic mass is 35.5. The first kappa shape index (κ1) is 19.1. The van der Waals surface area contributed by atoms with Crippen LogP contribution in [0.1, 0.15) is 18.4 Å². The number of hydrogen-bond acceptors (Lipinski definition) is 4. The first-order valence-corrected chi connectivity index (χ1v) is 8.38. The Bertz CT molecular complexity index is 751. The Balaban J connectivity index is 1.71. The molecule has 2 aromatic carbocycles. The van der Waals surface area contributed by atoms with Crippen LogP contribution in [-0.4, -0.2) is 25.8 Å². The maximum atomic E-state index is 11.8. The zero-order chi connectivity index (χ0) is 18.1. The topological polar surface area (TPSA) is 59.9 Å². The molecule has 132 valence electrons. The number of benzene rings is 2. The number of para-hydroxylation sites is 1. The number of carbonyl (C=O) groups is 1. The summed E-state index contributed by atoms with van der Waals surface area (Å²) in [6, 6.07) is 12.4. The van der Waals surface area contributed by atoms with Crippen molar-refractivity contribution in [3.05, 3.63) is 58.1 Å². The largest absolute Gasteiger partial charge is 0.496 e. The van der Waals surface area contributed by atoms with Gasteiger partial charge >= 0.3 is 0 Å². The molecule has 0 saturated carbocycles. The number of nitrogens with one attached hydrogen (secondary N) is 1. The summed E-state index contributed by atoms with van der Waals surface area (Å²) in [5.41, 5.74) is 3.26. The van der Waals surface area contributed by atoms with E-state index in [0.29, 0.717) is 34.6 Å². The molecule has 0 saturated heterocycles. The molecule has 0 aliphatic heterocycles. The quantitative estimate of drug-likeness (QED) is 0.421. The van der Waals surface area contributed by atoms with Crippen LogP contribution in [0.5, 0.6) is 11.5 Å². The standard InChI is InChI=1S/C18H18Cl2N2O3/c1-24-16-6-3-2-5-13(16)12-21-22-18(23)7-4-10-25-17-9-8-14(19)11-15(17)20/h2-3,5-6,8-9,11-12H,4,7,10H2,1H3,(H,22,23). The van der Waals surface area contributed by atoms with Crippen LogP contribution in [0.2, 0.25) is 10.0 Å². The predicted octanol–water partition coefficient (Wildman–Crippen LogP) is 4.31. The lowest BCUT2D eigenvalue weighted by molar-refractivity contribution is -0.121. The van der Waals surface area contributed by atoms with Gasteiger partial charge in [-0.25, -0.2) is 5.43 Å². The molecule has 0 aromatic heterocycles. The molecular formula is C18H18Cl2N2O3. The fourth-order valence-corrected chi connectivity index (χ4v) is 2.47. The molecule has 0 bridgehead atoms. The van der Waals surface area contributed by atoms with Crippen LogP contribution in [0.3, 0.4) is 0 Å². The van der Waals surface area contributed by atoms with Crippen LogP contribution in [0.15, 0.2) is 47.6 Å². The van der Waals surface area contributed by atoms with Gasteiger partial charge in [0.15, 0.2) is 0 Å². The minimum Gasteiger partial charge on any atom is -0.496 e. The van der Waals surface area contributed by atoms with Gasteiger partial charge in [-0.3, -0.25) is 4.79 Å². The number of halogens is 2.